The molecule has 0 fully saturated rings. The Morgan fingerprint density at radius 2 is 1.27 bits per heavy atom. The summed E-state index contributed by atoms with van der Waals surface area (Å²) in [5.74, 6) is 0. The molecule has 3 heteroatoms. The Labute approximate surface area is 215 Å². The Morgan fingerprint density at radius 1 is 0.541 bits per heavy atom. The molecule has 37 heavy (non-hydrogen) atoms. The minimum absolute atomic E-state index is 0.110. The molecule has 2 aliphatic heterocycles. The van der Waals surface area contributed by atoms with Crippen LogP contribution in [0.3, 0.4) is 0 Å². The number of fused-ring (bicyclic) bond motifs is 9. The van der Waals surface area contributed by atoms with Gasteiger partial charge in [-0.05, 0) is 63.7 Å². The van der Waals surface area contributed by atoms with E-state index in [1.807, 2.05) is 0 Å². The van der Waals surface area contributed by atoms with Gasteiger partial charge in [0.05, 0.1) is 0 Å². The SMILES string of the molecule is c1ccc(N2c3ccccc3B3c4c(cccc42)-c2cc4ccccc4c4c5ccccc5n3c24)cc1. The molecular weight excluding hydrogens is 447 g/mol. The summed E-state index contributed by atoms with van der Waals surface area (Å²) in [5, 5.41) is 5.31. The minimum Gasteiger partial charge on any atom is -0.375 e. The number of hydrogen-bond acceptors (Lipinski definition) is 1. The van der Waals surface area contributed by atoms with E-state index in [0.717, 1.165) is 0 Å². The molecule has 0 aliphatic carbocycles. The lowest BCUT2D eigenvalue weighted by Gasteiger charge is -2.40. The van der Waals surface area contributed by atoms with Crippen LogP contribution in [0.15, 0.2) is 127 Å². The van der Waals surface area contributed by atoms with Crippen molar-refractivity contribution >= 4 is 67.4 Å². The third kappa shape index (κ3) is 2.37. The fraction of sp³-hybridized carbons (Fsp3) is 0. The summed E-state index contributed by atoms with van der Waals surface area (Å²) in [6.45, 7) is 0.110. The second kappa shape index (κ2) is 6.92. The largest absolute Gasteiger partial charge is 0.375 e. The van der Waals surface area contributed by atoms with Crippen LogP contribution in [0.1, 0.15) is 0 Å². The lowest BCUT2D eigenvalue weighted by molar-refractivity contribution is 1.25. The second-order valence-electron chi connectivity index (χ2n) is 10.1. The van der Waals surface area contributed by atoms with E-state index in [4.69, 9.17) is 0 Å². The van der Waals surface area contributed by atoms with Crippen LogP contribution < -0.4 is 15.8 Å². The number of rotatable bonds is 1. The first-order valence-electron chi connectivity index (χ1n) is 12.9. The van der Waals surface area contributed by atoms with E-state index in [0.29, 0.717) is 0 Å². The molecule has 0 radical (unpaired) electrons. The van der Waals surface area contributed by atoms with Gasteiger partial charge in [0.1, 0.15) is 0 Å². The Balaban J connectivity index is 1.52. The molecule has 0 spiro atoms. The van der Waals surface area contributed by atoms with Crippen molar-refractivity contribution in [1.29, 1.82) is 0 Å². The summed E-state index contributed by atoms with van der Waals surface area (Å²) in [4.78, 5) is 2.44. The van der Waals surface area contributed by atoms with Crippen molar-refractivity contribution in [2.75, 3.05) is 4.90 Å². The third-order valence-electron chi connectivity index (χ3n) is 8.33. The van der Waals surface area contributed by atoms with Crippen molar-refractivity contribution in [2.45, 2.75) is 0 Å². The molecule has 170 valence electrons. The van der Waals surface area contributed by atoms with Gasteiger partial charge in [-0.3, -0.25) is 0 Å². The fourth-order valence-corrected chi connectivity index (χ4v) is 6.95. The Hall–Kier alpha value is -4.76. The average molecular weight is 468 g/mol. The summed E-state index contributed by atoms with van der Waals surface area (Å²) in [6.07, 6.45) is 0. The first kappa shape index (κ1) is 19.4. The normalized spacial score (nSPS) is 13.3. The van der Waals surface area contributed by atoms with Gasteiger partial charge in [-0.1, -0.05) is 91.0 Å². The summed E-state index contributed by atoms with van der Waals surface area (Å²) in [7, 11) is 0. The van der Waals surface area contributed by atoms with Crippen LogP contribution in [0.4, 0.5) is 17.1 Å². The Morgan fingerprint density at radius 3 is 2.19 bits per heavy atom. The van der Waals surface area contributed by atoms with Crippen LogP contribution in [-0.4, -0.2) is 11.3 Å². The summed E-state index contributed by atoms with van der Waals surface area (Å²) in [5.41, 5.74) is 11.7. The number of hydrogen-bond donors (Lipinski definition) is 0. The maximum Gasteiger partial charge on any atom is 0.333 e. The van der Waals surface area contributed by atoms with Crippen LogP contribution >= 0.6 is 0 Å². The predicted molar refractivity (Wildman–Crippen MR) is 157 cm³/mol. The zero-order valence-corrected chi connectivity index (χ0v) is 20.1. The highest BCUT2D eigenvalue weighted by Crippen LogP contribution is 2.46. The number of nitrogens with zero attached hydrogens (tertiary/aromatic N) is 2. The van der Waals surface area contributed by atoms with E-state index in [-0.39, 0.29) is 6.85 Å². The van der Waals surface area contributed by atoms with E-state index < -0.39 is 0 Å². The molecule has 0 unspecified atom stereocenters. The van der Waals surface area contributed by atoms with Crippen LogP contribution in [0.25, 0.3) is 43.7 Å². The lowest BCUT2D eigenvalue weighted by atomic mass is 9.45. The maximum absolute atomic E-state index is 2.62. The first-order chi connectivity index (χ1) is 18.4. The smallest absolute Gasteiger partial charge is 0.333 e. The molecule has 9 rings (SSSR count). The van der Waals surface area contributed by atoms with Gasteiger partial charge >= 0.3 is 6.85 Å². The number of aromatic nitrogens is 1. The summed E-state index contributed by atoms with van der Waals surface area (Å²) in [6, 6.07) is 46.8. The molecule has 0 bridgehead atoms. The van der Waals surface area contributed by atoms with Gasteiger partial charge < -0.3 is 9.38 Å². The van der Waals surface area contributed by atoms with E-state index >= 15 is 0 Å². The van der Waals surface area contributed by atoms with Crippen molar-refractivity contribution in [2.24, 2.45) is 0 Å². The molecule has 1 aromatic heterocycles. The lowest BCUT2D eigenvalue weighted by Crippen LogP contribution is -2.56. The predicted octanol–water partition coefficient (Wildman–Crippen LogP) is 7.37. The number of para-hydroxylation sites is 3. The van der Waals surface area contributed by atoms with Gasteiger partial charge in [-0.25, -0.2) is 0 Å². The number of benzene rings is 6. The van der Waals surface area contributed by atoms with Crippen LogP contribution in [-0.2, 0) is 0 Å². The van der Waals surface area contributed by atoms with E-state index in [9.17, 15) is 0 Å². The quantitative estimate of drug-likeness (QED) is 0.229. The average Bonchev–Trinajstić information content (AvgIpc) is 3.31. The highest BCUT2D eigenvalue weighted by molar-refractivity contribution is 6.90. The number of anilines is 3. The van der Waals surface area contributed by atoms with Crippen molar-refractivity contribution < 1.29 is 0 Å². The minimum atomic E-state index is 0.110. The Bertz CT molecular complexity index is 2050. The fourth-order valence-electron chi connectivity index (χ4n) is 6.95. The molecular formula is C34H21BN2. The van der Waals surface area contributed by atoms with Gasteiger partial charge in [-0.15, -0.1) is 0 Å². The van der Waals surface area contributed by atoms with Crippen molar-refractivity contribution in [1.82, 2.24) is 4.48 Å². The van der Waals surface area contributed by atoms with Gasteiger partial charge in [-0.2, -0.15) is 0 Å². The molecule has 0 atom stereocenters. The van der Waals surface area contributed by atoms with Gasteiger partial charge in [0.15, 0.2) is 0 Å². The first-order valence-corrected chi connectivity index (χ1v) is 12.9. The summed E-state index contributed by atoms with van der Waals surface area (Å²) < 4.78 is 2.62. The van der Waals surface area contributed by atoms with Crippen LogP contribution in [0, 0.1) is 0 Å². The van der Waals surface area contributed by atoms with Crippen LogP contribution in [0.5, 0.6) is 0 Å². The monoisotopic (exact) mass is 468 g/mol. The van der Waals surface area contributed by atoms with E-state index in [1.165, 1.54) is 71.7 Å². The van der Waals surface area contributed by atoms with Crippen molar-refractivity contribution in [3.05, 3.63) is 127 Å². The molecule has 2 nitrogen and oxygen atoms in total. The molecule has 6 aromatic carbocycles. The van der Waals surface area contributed by atoms with Gasteiger partial charge in [0.25, 0.3) is 0 Å². The molecule has 2 aliphatic rings. The molecule has 0 saturated carbocycles. The van der Waals surface area contributed by atoms with E-state index in [1.54, 1.807) is 0 Å². The zero-order valence-electron chi connectivity index (χ0n) is 20.1. The van der Waals surface area contributed by atoms with Gasteiger partial charge in [0, 0.05) is 44.4 Å². The van der Waals surface area contributed by atoms with Crippen LogP contribution in [0.2, 0.25) is 0 Å². The molecule has 0 saturated heterocycles. The molecule has 7 aromatic rings. The molecule has 0 amide bonds. The second-order valence-corrected chi connectivity index (χ2v) is 10.1. The highest BCUT2D eigenvalue weighted by atomic mass is 15.2. The van der Waals surface area contributed by atoms with Gasteiger partial charge in [0.2, 0.25) is 0 Å². The maximum atomic E-state index is 2.62. The summed E-state index contributed by atoms with van der Waals surface area (Å²) >= 11 is 0. The zero-order chi connectivity index (χ0) is 24.1. The van der Waals surface area contributed by atoms with Crippen molar-refractivity contribution in [3.63, 3.8) is 0 Å². The molecule has 0 N–H and O–H groups in total. The Kier molecular flexibility index (Phi) is 3.64. The third-order valence-corrected chi connectivity index (χ3v) is 8.33. The standard InChI is InChI=1S/C34H21BN2/c1-2-12-23(13-3-1)36-30-19-9-7-17-28(30)35-33-25(16-10-20-31(33)36)27-21-22-11-4-5-14-24(22)32-26-15-6-8-18-29(26)37(35)34(27)32/h1-21H. The molecule has 3 heterocycles. The topological polar surface area (TPSA) is 8.17 Å². The highest BCUT2D eigenvalue weighted by Gasteiger charge is 2.42. The van der Waals surface area contributed by atoms with E-state index in [2.05, 4.69) is 137 Å². The van der Waals surface area contributed by atoms with Crippen molar-refractivity contribution in [3.8, 4) is 11.1 Å².